The zero-order chi connectivity index (χ0) is 16.3. The highest BCUT2D eigenvalue weighted by atomic mass is 16.5. The third kappa shape index (κ3) is 3.18. The number of rotatable bonds is 6. The highest BCUT2D eigenvalue weighted by Gasteiger charge is 2.39. The quantitative estimate of drug-likeness (QED) is 0.836. The van der Waals surface area contributed by atoms with E-state index < -0.39 is 5.91 Å². The Morgan fingerprint density at radius 3 is 2.83 bits per heavy atom. The Labute approximate surface area is 133 Å². The largest absolute Gasteiger partial charge is 0.493 e. The molecule has 3 rings (SSSR count). The molecule has 1 aromatic heterocycles. The lowest BCUT2D eigenvalue weighted by Crippen LogP contribution is -2.49. The van der Waals surface area contributed by atoms with Crippen LogP contribution in [0, 0.1) is 5.41 Å². The summed E-state index contributed by atoms with van der Waals surface area (Å²) in [5, 5.41) is 9.42. The summed E-state index contributed by atoms with van der Waals surface area (Å²) in [6.07, 6.45) is 1.61. The molecule has 1 saturated heterocycles. The number of hydrogen-bond acceptors (Lipinski definition) is 5. The molecule has 0 bridgehead atoms. The topological polar surface area (TPSA) is 94.7 Å². The van der Waals surface area contributed by atoms with Crippen LogP contribution in [0.25, 0.3) is 11.3 Å². The van der Waals surface area contributed by atoms with E-state index >= 15 is 0 Å². The van der Waals surface area contributed by atoms with Gasteiger partial charge < -0.3 is 20.3 Å². The van der Waals surface area contributed by atoms with Crippen LogP contribution < -0.4 is 10.5 Å². The molecule has 1 fully saturated rings. The molecule has 6 heteroatoms. The van der Waals surface area contributed by atoms with Gasteiger partial charge in [0.2, 0.25) is 0 Å². The second kappa shape index (κ2) is 6.36. The second-order valence-electron chi connectivity index (χ2n) is 5.73. The van der Waals surface area contributed by atoms with Crippen molar-refractivity contribution >= 4 is 5.91 Å². The average Bonchev–Trinajstić information content (AvgIpc) is 2.54. The van der Waals surface area contributed by atoms with Gasteiger partial charge in [-0.3, -0.25) is 9.78 Å². The van der Waals surface area contributed by atoms with Crippen molar-refractivity contribution in [2.45, 2.75) is 0 Å². The zero-order valence-electron chi connectivity index (χ0n) is 12.6. The minimum atomic E-state index is -0.523. The number of aromatic nitrogens is 1. The van der Waals surface area contributed by atoms with Crippen molar-refractivity contribution in [2.24, 2.45) is 11.1 Å². The molecular formula is C17H18N2O4. The smallest absolute Gasteiger partial charge is 0.250 e. The summed E-state index contributed by atoms with van der Waals surface area (Å²) in [5.74, 6) is 0.119. The monoisotopic (exact) mass is 314 g/mol. The van der Waals surface area contributed by atoms with Crippen molar-refractivity contribution in [2.75, 3.05) is 26.4 Å². The Bertz CT molecular complexity index is 708. The van der Waals surface area contributed by atoms with Gasteiger partial charge in [0.15, 0.2) is 0 Å². The van der Waals surface area contributed by atoms with Gasteiger partial charge in [0, 0.05) is 11.8 Å². The maximum Gasteiger partial charge on any atom is 0.250 e. The lowest BCUT2D eigenvalue weighted by molar-refractivity contribution is -0.153. The number of aliphatic hydroxyl groups is 1. The van der Waals surface area contributed by atoms with Crippen LogP contribution in [-0.2, 0) is 4.74 Å². The van der Waals surface area contributed by atoms with Crippen molar-refractivity contribution in [3.8, 4) is 17.0 Å². The molecule has 3 N–H and O–H groups in total. The highest BCUT2D eigenvalue weighted by Crippen LogP contribution is 2.29. The minimum Gasteiger partial charge on any atom is -0.493 e. The number of nitrogens with zero attached hydrogens (tertiary/aromatic N) is 1. The molecule has 1 aromatic carbocycles. The SMILES string of the molecule is NC(=O)c1cccnc1-c1cccc(OCC2(CO)COC2)c1. The van der Waals surface area contributed by atoms with Gasteiger partial charge in [0.1, 0.15) is 12.4 Å². The van der Waals surface area contributed by atoms with Crippen molar-refractivity contribution in [1.29, 1.82) is 0 Å². The van der Waals surface area contributed by atoms with E-state index in [2.05, 4.69) is 4.98 Å². The van der Waals surface area contributed by atoms with Crippen LogP contribution in [0.3, 0.4) is 0 Å². The molecule has 2 heterocycles. The third-order valence-corrected chi connectivity index (χ3v) is 3.88. The zero-order valence-corrected chi connectivity index (χ0v) is 12.6. The molecule has 0 aliphatic carbocycles. The van der Waals surface area contributed by atoms with Crippen molar-refractivity contribution in [3.63, 3.8) is 0 Å². The Balaban J connectivity index is 1.82. The van der Waals surface area contributed by atoms with E-state index in [0.29, 0.717) is 36.8 Å². The van der Waals surface area contributed by atoms with Crippen LogP contribution in [0.5, 0.6) is 5.75 Å². The van der Waals surface area contributed by atoms with E-state index in [-0.39, 0.29) is 12.0 Å². The number of primary amides is 1. The Morgan fingerprint density at radius 2 is 2.17 bits per heavy atom. The lowest BCUT2D eigenvalue weighted by atomic mass is 9.88. The molecule has 1 aliphatic rings. The van der Waals surface area contributed by atoms with Crippen LogP contribution in [-0.4, -0.2) is 42.4 Å². The van der Waals surface area contributed by atoms with Crippen molar-refractivity contribution < 1.29 is 19.4 Å². The summed E-state index contributed by atoms with van der Waals surface area (Å²) in [6.45, 7) is 1.39. The van der Waals surface area contributed by atoms with Gasteiger partial charge in [-0.2, -0.15) is 0 Å². The van der Waals surface area contributed by atoms with Crippen molar-refractivity contribution in [1.82, 2.24) is 4.98 Å². The Kier molecular flexibility index (Phi) is 4.27. The van der Waals surface area contributed by atoms with Gasteiger partial charge in [0.05, 0.1) is 36.5 Å². The number of benzene rings is 1. The second-order valence-corrected chi connectivity index (χ2v) is 5.73. The van der Waals surface area contributed by atoms with E-state index in [4.69, 9.17) is 15.2 Å². The van der Waals surface area contributed by atoms with Gasteiger partial charge in [-0.05, 0) is 24.3 Å². The van der Waals surface area contributed by atoms with Crippen LogP contribution in [0.4, 0.5) is 0 Å². The fourth-order valence-electron chi connectivity index (χ4n) is 2.41. The maximum absolute atomic E-state index is 11.5. The summed E-state index contributed by atoms with van der Waals surface area (Å²) in [7, 11) is 0. The van der Waals surface area contributed by atoms with E-state index in [1.165, 1.54) is 0 Å². The molecule has 2 aromatic rings. The molecule has 1 aliphatic heterocycles. The van der Waals surface area contributed by atoms with Gasteiger partial charge in [-0.25, -0.2) is 0 Å². The number of nitrogens with two attached hydrogens (primary N) is 1. The van der Waals surface area contributed by atoms with Crippen molar-refractivity contribution in [3.05, 3.63) is 48.2 Å². The molecule has 0 atom stereocenters. The van der Waals surface area contributed by atoms with Crippen LogP contribution in [0.2, 0.25) is 0 Å². The molecule has 1 amide bonds. The Hall–Kier alpha value is -2.44. The highest BCUT2D eigenvalue weighted by molar-refractivity contribution is 5.98. The Morgan fingerprint density at radius 1 is 1.35 bits per heavy atom. The lowest BCUT2D eigenvalue weighted by Gasteiger charge is -2.39. The number of amides is 1. The molecule has 0 spiro atoms. The van der Waals surface area contributed by atoms with E-state index in [0.717, 1.165) is 5.56 Å². The fraction of sp³-hybridized carbons (Fsp3) is 0.294. The number of carbonyl (C=O) groups excluding carboxylic acids is 1. The third-order valence-electron chi connectivity index (χ3n) is 3.88. The number of hydrogen-bond donors (Lipinski definition) is 2. The standard InChI is InChI=1S/C17H18N2O4/c18-16(21)14-5-2-6-19-15(14)12-3-1-4-13(7-12)23-11-17(8-20)9-22-10-17/h1-7,20H,8-11H2,(H2,18,21). The molecular weight excluding hydrogens is 296 g/mol. The number of pyridine rings is 1. The summed E-state index contributed by atoms with van der Waals surface area (Å²) in [5.41, 5.74) is 6.71. The first-order valence-corrected chi connectivity index (χ1v) is 7.30. The summed E-state index contributed by atoms with van der Waals surface area (Å²) in [4.78, 5) is 15.8. The van der Waals surface area contributed by atoms with E-state index in [9.17, 15) is 9.90 Å². The predicted molar refractivity (Wildman–Crippen MR) is 84.0 cm³/mol. The fourth-order valence-corrected chi connectivity index (χ4v) is 2.41. The number of ether oxygens (including phenoxy) is 2. The van der Waals surface area contributed by atoms with Gasteiger partial charge in [-0.1, -0.05) is 12.1 Å². The van der Waals surface area contributed by atoms with E-state index in [1.54, 1.807) is 24.4 Å². The summed E-state index contributed by atoms with van der Waals surface area (Å²) >= 11 is 0. The van der Waals surface area contributed by atoms with Gasteiger partial charge in [0.25, 0.3) is 5.91 Å². The molecule has 6 nitrogen and oxygen atoms in total. The average molecular weight is 314 g/mol. The number of carbonyl (C=O) groups is 1. The van der Waals surface area contributed by atoms with Crippen LogP contribution in [0.15, 0.2) is 42.6 Å². The van der Waals surface area contributed by atoms with Crippen LogP contribution in [0.1, 0.15) is 10.4 Å². The normalized spacial score (nSPS) is 15.7. The first kappa shape index (κ1) is 15.5. The molecule has 23 heavy (non-hydrogen) atoms. The molecule has 0 radical (unpaired) electrons. The summed E-state index contributed by atoms with van der Waals surface area (Å²) in [6, 6.07) is 10.6. The predicted octanol–water partition coefficient (Wildman–Crippen LogP) is 1.24. The first-order valence-electron chi connectivity index (χ1n) is 7.30. The minimum absolute atomic E-state index is 0.0265. The van der Waals surface area contributed by atoms with Crippen LogP contribution >= 0.6 is 0 Å². The molecule has 0 saturated carbocycles. The molecule has 0 unspecified atom stereocenters. The maximum atomic E-state index is 11.5. The van der Waals surface area contributed by atoms with Gasteiger partial charge >= 0.3 is 0 Å². The molecule has 120 valence electrons. The van der Waals surface area contributed by atoms with Gasteiger partial charge in [-0.15, -0.1) is 0 Å². The number of aliphatic hydroxyl groups excluding tert-OH is 1. The van der Waals surface area contributed by atoms with E-state index in [1.807, 2.05) is 18.2 Å². The first-order chi connectivity index (χ1) is 11.1. The summed E-state index contributed by atoms with van der Waals surface area (Å²) < 4.78 is 10.9.